The van der Waals surface area contributed by atoms with E-state index in [9.17, 15) is 10.1 Å². The summed E-state index contributed by atoms with van der Waals surface area (Å²) in [6.07, 6.45) is 2.44. The van der Waals surface area contributed by atoms with Gasteiger partial charge in [-0.05, 0) is 30.7 Å². The van der Waals surface area contributed by atoms with E-state index in [0.717, 1.165) is 28.7 Å². The zero-order chi connectivity index (χ0) is 19.7. The number of anilines is 3. The lowest BCUT2D eigenvalue weighted by Gasteiger charge is -2.17. The second-order valence-corrected chi connectivity index (χ2v) is 7.01. The lowest BCUT2D eigenvalue weighted by atomic mass is 10.1. The Hall–Kier alpha value is -3.08. The smallest absolute Gasteiger partial charge is 0.252 e. The maximum Gasteiger partial charge on any atom is 0.252 e. The minimum atomic E-state index is -0.0812. The summed E-state index contributed by atoms with van der Waals surface area (Å²) >= 11 is 6.02. The van der Waals surface area contributed by atoms with E-state index >= 15 is 0 Å². The highest BCUT2D eigenvalue weighted by Crippen LogP contribution is 2.30. The molecule has 3 heterocycles. The van der Waals surface area contributed by atoms with Crippen molar-refractivity contribution in [2.45, 2.75) is 12.5 Å². The SMILES string of the molecule is Cn1c(=O)cc(N[C@H]2CCOC2)c2cc(Nc3ccnc(Cl)c3C#N)ccc21. The van der Waals surface area contributed by atoms with Crippen LogP contribution in [0.25, 0.3) is 10.9 Å². The fourth-order valence-corrected chi connectivity index (χ4v) is 3.53. The number of aryl methyl sites for hydroxylation is 1. The number of hydrogen-bond acceptors (Lipinski definition) is 6. The molecule has 1 aromatic carbocycles. The van der Waals surface area contributed by atoms with Gasteiger partial charge in [-0.1, -0.05) is 11.6 Å². The van der Waals surface area contributed by atoms with Crippen molar-refractivity contribution in [3.05, 3.63) is 57.6 Å². The largest absolute Gasteiger partial charge is 0.379 e. The van der Waals surface area contributed by atoms with Crippen molar-refractivity contribution in [3.8, 4) is 6.07 Å². The number of nitriles is 1. The topological polar surface area (TPSA) is 92.0 Å². The predicted molar refractivity (Wildman–Crippen MR) is 109 cm³/mol. The summed E-state index contributed by atoms with van der Waals surface area (Å²) in [5, 5.41) is 17.0. The first-order chi connectivity index (χ1) is 13.6. The van der Waals surface area contributed by atoms with Gasteiger partial charge in [0.15, 0.2) is 0 Å². The Morgan fingerprint density at radius 1 is 1.32 bits per heavy atom. The van der Waals surface area contributed by atoms with Crippen molar-refractivity contribution < 1.29 is 4.74 Å². The molecule has 2 aromatic heterocycles. The Morgan fingerprint density at radius 3 is 2.93 bits per heavy atom. The van der Waals surface area contributed by atoms with Crippen molar-refractivity contribution in [2.75, 3.05) is 23.8 Å². The van der Waals surface area contributed by atoms with Crippen LogP contribution in [0, 0.1) is 11.3 Å². The molecule has 2 N–H and O–H groups in total. The standard InChI is InChI=1S/C20H18ClN5O2/c1-26-18-3-2-12(24-16-4-6-23-20(21)15(16)10-22)8-14(18)17(9-19(26)27)25-13-5-7-28-11-13/h2-4,6,8-9,13,25H,5,7,11H2,1H3,(H,23,24)/t13-/m0/s1. The van der Waals surface area contributed by atoms with Crippen LogP contribution in [-0.4, -0.2) is 28.8 Å². The van der Waals surface area contributed by atoms with Gasteiger partial charge in [-0.25, -0.2) is 4.98 Å². The lowest BCUT2D eigenvalue weighted by Crippen LogP contribution is -2.23. The molecule has 8 heteroatoms. The Bertz CT molecular complexity index is 1150. The molecule has 1 aliphatic rings. The molecule has 1 aliphatic heterocycles. The zero-order valence-electron chi connectivity index (χ0n) is 15.2. The first-order valence-corrected chi connectivity index (χ1v) is 9.24. The van der Waals surface area contributed by atoms with Crippen molar-refractivity contribution in [1.82, 2.24) is 9.55 Å². The average molecular weight is 396 g/mol. The number of pyridine rings is 2. The molecule has 0 radical (unpaired) electrons. The highest BCUT2D eigenvalue weighted by molar-refractivity contribution is 6.31. The van der Waals surface area contributed by atoms with Crippen LogP contribution in [0.4, 0.5) is 17.1 Å². The number of benzene rings is 1. The molecule has 1 fully saturated rings. The molecule has 142 valence electrons. The summed E-state index contributed by atoms with van der Waals surface area (Å²) in [7, 11) is 1.75. The first-order valence-electron chi connectivity index (χ1n) is 8.86. The average Bonchev–Trinajstić information content (AvgIpc) is 3.19. The van der Waals surface area contributed by atoms with Gasteiger partial charge >= 0.3 is 0 Å². The molecule has 28 heavy (non-hydrogen) atoms. The van der Waals surface area contributed by atoms with Gasteiger partial charge in [0.1, 0.15) is 16.8 Å². The van der Waals surface area contributed by atoms with Crippen LogP contribution in [-0.2, 0) is 11.8 Å². The number of rotatable bonds is 4. The molecular formula is C20H18ClN5O2. The minimum absolute atomic E-state index is 0.0812. The second kappa shape index (κ2) is 7.50. The van der Waals surface area contributed by atoms with Crippen LogP contribution in [0.15, 0.2) is 41.3 Å². The van der Waals surface area contributed by atoms with Crippen LogP contribution in [0.5, 0.6) is 0 Å². The Labute approximate surface area is 166 Å². The van der Waals surface area contributed by atoms with Crippen LogP contribution >= 0.6 is 11.6 Å². The van der Waals surface area contributed by atoms with E-state index < -0.39 is 0 Å². The van der Waals surface area contributed by atoms with Gasteiger partial charge in [0.25, 0.3) is 5.56 Å². The van der Waals surface area contributed by atoms with Gasteiger partial charge in [-0.3, -0.25) is 4.79 Å². The fraction of sp³-hybridized carbons (Fsp3) is 0.250. The predicted octanol–water partition coefficient (Wildman–Crippen LogP) is 3.40. The van der Waals surface area contributed by atoms with E-state index in [-0.39, 0.29) is 22.3 Å². The quantitative estimate of drug-likeness (QED) is 0.658. The van der Waals surface area contributed by atoms with E-state index in [2.05, 4.69) is 21.7 Å². The fourth-order valence-electron chi connectivity index (χ4n) is 3.33. The lowest BCUT2D eigenvalue weighted by molar-refractivity contribution is 0.195. The van der Waals surface area contributed by atoms with Gasteiger partial charge in [0, 0.05) is 42.7 Å². The summed E-state index contributed by atoms with van der Waals surface area (Å²) in [6, 6.07) is 11.2. The highest BCUT2D eigenvalue weighted by Gasteiger charge is 2.17. The number of halogens is 1. The van der Waals surface area contributed by atoms with Gasteiger partial charge < -0.3 is 19.9 Å². The molecule has 1 atom stereocenters. The van der Waals surface area contributed by atoms with Crippen molar-refractivity contribution in [3.63, 3.8) is 0 Å². The summed E-state index contributed by atoms with van der Waals surface area (Å²) in [6.45, 7) is 1.34. The van der Waals surface area contributed by atoms with Crippen molar-refractivity contribution in [1.29, 1.82) is 5.26 Å². The normalized spacial score (nSPS) is 16.1. The molecule has 0 saturated carbocycles. The first kappa shape index (κ1) is 18.3. The number of nitrogens with one attached hydrogen (secondary N) is 2. The molecule has 1 saturated heterocycles. The summed E-state index contributed by atoms with van der Waals surface area (Å²) < 4.78 is 7.04. The maximum absolute atomic E-state index is 12.3. The summed E-state index contributed by atoms with van der Waals surface area (Å²) in [5.41, 5.74) is 3.13. The number of ether oxygens (including phenoxy) is 1. The van der Waals surface area contributed by atoms with E-state index in [1.165, 1.54) is 0 Å². The summed E-state index contributed by atoms with van der Waals surface area (Å²) in [4.78, 5) is 16.3. The third kappa shape index (κ3) is 3.40. The zero-order valence-corrected chi connectivity index (χ0v) is 16.0. The van der Waals surface area contributed by atoms with Crippen LogP contribution in [0.1, 0.15) is 12.0 Å². The van der Waals surface area contributed by atoms with E-state index in [1.807, 2.05) is 18.2 Å². The molecule has 0 aliphatic carbocycles. The molecule has 4 rings (SSSR count). The van der Waals surface area contributed by atoms with Crippen molar-refractivity contribution in [2.24, 2.45) is 7.05 Å². The van der Waals surface area contributed by atoms with Gasteiger partial charge in [-0.15, -0.1) is 0 Å². The van der Waals surface area contributed by atoms with Crippen LogP contribution < -0.4 is 16.2 Å². The Balaban J connectivity index is 1.77. The van der Waals surface area contributed by atoms with Crippen LogP contribution in [0.3, 0.4) is 0 Å². The molecule has 0 unspecified atom stereocenters. The molecule has 0 spiro atoms. The Kier molecular flexibility index (Phi) is 4.90. The molecule has 0 amide bonds. The van der Waals surface area contributed by atoms with E-state index in [0.29, 0.717) is 18.9 Å². The summed E-state index contributed by atoms with van der Waals surface area (Å²) in [5.74, 6) is 0. The molecule has 7 nitrogen and oxygen atoms in total. The number of nitrogens with zero attached hydrogens (tertiary/aromatic N) is 3. The monoisotopic (exact) mass is 395 g/mol. The number of aromatic nitrogens is 2. The Morgan fingerprint density at radius 2 is 2.18 bits per heavy atom. The highest BCUT2D eigenvalue weighted by atomic mass is 35.5. The molecule has 0 bridgehead atoms. The minimum Gasteiger partial charge on any atom is -0.379 e. The second-order valence-electron chi connectivity index (χ2n) is 6.65. The van der Waals surface area contributed by atoms with E-state index in [1.54, 1.807) is 29.9 Å². The van der Waals surface area contributed by atoms with Gasteiger partial charge in [0.05, 0.1) is 23.9 Å². The number of hydrogen-bond donors (Lipinski definition) is 2. The van der Waals surface area contributed by atoms with Gasteiger partial charge in [0.2, 0.25) is 0 Å². The van der Waals surface area contributed by atoms with Crippen LogP contribution in [0.2, 0.25) is 5.15 Å². The third-order valence-corrected chi connectivity index (χ3v) is 5.12. The molecular weight excluding hydrogens is 378 g/mol. The van der Waals surface area contributed by atoms with Gasteiger partial charge in [-0.2, -0.15) is 5.26 Å². The molecule has 3 aromatic rings. The third-order valence-electron chi connectivity index (χ3n) is 4.83. The van der Waals surface area contributed by atoms with E-state index in [4.69, 9.17) is 16.3 Å². The maximum atomic E-state index is 12.3. The number of fused-ring (bicyclic) bond motifs is 1. The van der Waals surface area contributed by atoms with Crippen molar-refractivity contribution >= 4 is 39.6 Å².